The summed E-state index contributed by atoms with van der Waals surface area (Å²) in [6, 6.07) is 9.93. The van der Waals surface area contributed by atoms with Gasteiger partial charge < -0.3 is 15.4 Å². The van der Waals surface area contributed by atoms with E-state index in [0.717, 1.165) is 4.88 Å². The molecule has 8 heteroatoms. The fourth-order valence-electron chi connectivity index (χ4n) is 1.86. The first-order valence-corrected chi connectivity index (χ1v) is 7.66. The standard InChI is InChI=1S/C15H16F3N3OS/c1-19-14(21-10-12-6-4-8-23-12)20-9-11-5-2-3-7-13(11)22-15(16,17)18/h2-8H,9-10H2,1H3,(H2,19,20,21). The SMILES string of the molecule is CN=C(NCc1cccs1)NCc1ccccc1OC(F)(F)F. The molecule has 2 N–H and O–H groups in total. The molecule has 1 aromatic heterocycles. The Balaban J connectivity index is 1.93. The molecule has 0 amide bonds. The Morgan fingerprint density at radius 2 is 1.87 bits per heavy atom. The highest BCUT2D eigenvalue weighted by Gasteiger charge is 2.31. The van der Waals surface area contributed by atoms with Crippen LogP contribution in [0.2, 0.25) is 0 Å². The number of nitrogens with one attached hydrogen (secondary N) is 2. The minimum absolute atomic E-state index is 0.163. The number of aliphatic imine (C=N–C) groups is 1. The topological polar surface area (TPSA) is 45.7 Å². The number of alkyl halides is 3. The van der Waals surface area contributed by atoms with Gasteiger partial charge in [-0.2, -0.15) is 0 Å². The molecule has 23 heavy (non-hydrogen) atoms. The molecule has 124 valence electrons. The van der Waals surface area contributed by atoms with Crippen LogP contribution < -0.4 is 15.4 Å². The van der Waals surface area contributed by atoms with Crippen LogP contribution in [0.3, 0.4) is 0 Å². The average Bonchev–Trinajstić information content (AvgIpc) is 3.01. The van der Waals surface area contributed by atoms with Crippen LogP contribution in [0.5, 0.6) is 5.75 Å². The summed E-state index contributed by atoms with van der Waals surface area (Å²) in [4.78, 5) is 5.18. The summed E-state index contributed by atoms with van der Waals surface area (Å²) in [6.45, 7) is 0.758. The van der Waals surface area contributed by atoms with Crippen molar-refractivity contribution in [3.63, 3.8) is 0 Å². The summed E-state index contributed by atoms with van der Waals surface area (Å²) in [5.41, 5.74) is 0.392. The largest absolute Gasteiger partial charge is 0.573 e. The van der Waals surface area contributed by atoms with Gasteiger partial charge in [0.2, 0.25) is 0 Å². The van der Waals surface area contributed by atoms with Crippen molar-refractivity contribution >= 4 is 17.3 Å². The Kier molecular flexibility index (Phi) is 5.86. The van der Waals surface area contributed by atoms with Crippen molar-refractivity contribution in [1.82, 2.24) is 10.6 Å². The minimum atomic E-state index is -4.71. The first kappa shape index (κ1) is 17.1. The number of rotatable bonds is 5. The van der Waals surface area contributed by atoms with Gasteiger partial charge in [0.25, 0.3) is 0 Å². The Hall–Kier alpha value is -2.22. The molecule has 0 atom stereocenters. The summed E-state index contributed by atoms with van der Waals surface area (Å²) >= 11 is 1.61. The van der Waals surface area contributed by atoms with E-state index >= 15 is 0 Å². The van der Waals surface area contributed by atoms with Crippen molar-refractivity contribution in [3.8, 4) is 5.75 Å². The lowest BCUT2D eigenvalue weighted by Gasteiger charge is -2.15. The van der Waals surface area contributed by atoms with E-state index in [0.29, 0.717) is 18.1 Å². The van der Waals surface area contributed by atoms with Gasteiger partial charge in [-0.25, -0.2) is 0 Å². The molecule has 0 saturated heterocycles. The first-order chi connectivity index (χ1) is 11.0. The van der Waals surface area contributed by atoms with E-state index in [1.165, 1.54) is 12.1 Å². The number of thiophene rings is 1. The van der Waals surface area contributed by atoms with Crippen molar-refractivity contribution < 1.29 is 17.9 Å². The first-order valence-electron chi connectivity index (χ1n) is 6.78. The van der Waals surface area contributed by atoms with E-state index in [-0.39, 0.29) is 12.3 Å². The van der Waals surface area contributed by atoms with Crippen molar-refractivity contribution in [2.24, 2.45) is 4.99 Å². The highest BCUT2D eigenvalue weighted by molar-refractivity contribution is 7.09. The molecule has 0 fully saturated rings. The second kappa shape index (κ2) is 7.87. The van der Waals surface area contributed by atoms with E-state index in [4.69, 9.17) is 0 Å². The molecule has 2 aromatic rings. The van der Waals surface area contributed by atoms with Crippen molar-refractivity contribution in [3.05, 3.63) is 52.2 Å². The number of halogens is 3. The smallest absolute Gasteiger partial charge is 0.405 e. The van der Waals surface area contributed by atoms with Crippen molar-refractivity contribution in [2.75, 3.05) is 7.05 Å². The lowest BCUT2D eigenvalue weighted by molar-refractivity contribution is -0.274. The van der Waals surface area contributed by atoms with Gasteiger partial charge in [0.1, 0.15) is 5.75 Å². The Bertz CT molecular complexity index is 642. The minimum Gasteiger partial charge on any atom is -0.405 e. The number of guanidine groups is 1. The number of ether oxygens (including phenoxy) is 1. The molecule has 0 radical (unpaired) electrons. The zero-order chi connectivity index (χ0) is 16.7. The maximum atomic E-state index is 12.4. The van der Waals surface area contributed by atoms with Gasteiger partial charge in [0.05, 0.1) is 6.54 Å². The highest BCUT2D eigenvalue weighted by Crippen LogP contribution is 2.26. The summed E-state index contributed by atoms with van der Waals surface area (Å²) in [5, 5.41) is 8.04. The normalized spacial score (nSPS) is 12.1. The zero-order valence-corrected chi connectivity index (χ0v) is 13.2. The van der Waals surface area contributed by atoms with Crippen LogP contribution in [-0.4, -0.2) is 19.4 Å². The van der Waals surface area contributed by atoms with Crippen molar-refractivity contribution in [1.29, 1.82) is 0 Å². The van der Waals surface area contributed by atoms with Gasteiger partial charge in [-0.05, 0) is 17.5 Å². The van der Waals surface area contributed by atoms with Crippen LogP contribution in [0.1, 0.15) is 10.4 Å². The van der Waals surface area contributed by atoms with Gasteiger partial charge in [-0.15, -0.1) is 24.5 Å². The highest BCUT2D eigenvalue weighted by atomic mass is 32.1. The molecule has 0 aliphatic carbocycles. The summed E-state index contributed by atoms with van der Waals surface area (Å²) < 4.78 is 41.2. The van der Waals surface area contributed by atoms with Crippen LogP contribution in [0, 0.1) is 0 Å². The number of hydrogen-bond donors (Lipinski definition) is 2. The Morgan fingerprint density at radius 1 is 1.13 bits per heavy atom. The third kappa shape index (κ3) is 5.82. The van der Waals surface area contributed by atoms with Crippen LogP contribution in [0.4, 0.5) is 13.2 Å². The van der Waals surface area contributed by atoms with Crippen LogP contribution in [0.15, 0.2) is 46.8 Å². The molecule has 0 unspecified atom stereocenters. The van der Waals surface area contributed by atoms with Gasteiger partial charge in [-0.3, -0.25) is 4.99 Å². The predicted octanol–water partition coefficient (Wildman–Crippen LogP) is 3.51. The van der Waals surface area contributed by atoms with Gasteiger partial charge >= 0.3 is 6.36 Å². The summed E-state index contributed by atoms with van der Waals surface area (Å²) in [6.07, 6.45) is -4.71. The number of hydrogen-bond acceptors (Lipinski definition) is 3. The average molecular weight is 343 g/mol. The van der Waals surface area contributed by atoms with E-state index in [1.807, 2.05) is 17.5 Å². The molecule has 2 rings (SSSR count). The van der Waals surface area contributed by atoms with Crippen LogP contribution >= 0.6 is 11.3 Å². The van der Waals surface area contributed by atoms with E-state index in [1.54, 1.807) is 30.5 Å². The molecule has 1 aromatic carbocycles. The molecule has 0 aliphatic rings. The lowest BCUT2D eigenvalue weighted by atomic mass is 10.2. The summed E-state index contributed by atoms with van der Waals surface area (Å²) in [5.74, 6) is 0.279. The second-order valence-electron chi connectivity index (χ2n) is 4.51. The fraction of sp³-hybridized carbons (Fsp3) is 0.267. The molecule has 4 nitrogen and oxygen atoms in total. The van der Waals surface area contributed by atoms with Crippen molar-refractivity contribution in [2.45, 2.75) is 19.5 Å². The third-order valence-electron chi connectivity index (χ3n) is 2.88. The lowest BCUT2D eigenvalue weighted by Crippen LogP contribution is -2.36. The molecule has 0 saturated carbocycles. The zero-order valence-electron chi connectivity index (χ0n) is 12.4. The summed E-state index contributed by atoms with van der Waals surface area (Å²) in [7, 11) is 1.60. The van der Waals surface area contributed by atoms with Gasteiger partial charge in [0, 0.05) is 24.0 Å². The van der Waals surface area contributed by atoms with Gasteiger partial charge in [-0.1, -0.05) is 24.3 Å². The Labute approximate surface area is 136 Å². The molecule has 0 bridgehead atoms. The van der Waals surface area contributed by atoms with E-state index in [2.05, 4.69) is 20.4 Å². The maximum absolute atomic E-state index is 12.4. The van der Waals surface area contributed by atoms with E-state index in [9.17, 15) is 13.2 Å². The number of para-hydroxylation sites is 1. The molecular weight excluding hydrogens is 327 g/mol. The molecule has 1 heterocycles. The quantitative estimate of drug-likeness (QED) is 0.645. The van der Waals surface area contributed by atoms with Gasteiger partial charge in [0.15, 0.2) is 5.96 Å². The molecular formula is C15H16F3N3OS. The van der Waals surface area contributed by atoms with Crippen LogP contribution in [0.25, 0.3) is 0 Å². The number of benzene rings is 1. The fourth-order valence-corrected chi connectivity index (χ4v) is 2.50. The number of nitrogens with zero attached hydrogens (tertiary/aromatic N) is 1. The monoisotopic (exact) mass is 343 g/mol. The predicted molar refractivity (Wildman–Crippen MR) is 84.5 cm³/mol. The second-order valence-corrected chi connectivity index (χ2v) is 5.55. The van der Waals surface area contributed by atoms with E-state index < -0.39 is 6.36 Å². The molecule has 0 spiro atoms. The Morgan fingerprint density at radius 3 is 2.52 bits per heavy atom. The molecule has 0 aliphatic heterocycles. The van der Waals surface area contributed by atoms with Crippen LogP contribution in [-0.2, 0) is 13.1 Å². The third-order valence-corrected chi connectivity index (χ3v) is 3.75. The maximum Gasteiger partial charge on any atom is 0.573 e.